The van der Waals surface area contributed by atoms with Crippen LogP contribution >= 0.6 is 11.6 Å². The van der Waals surface area contributed by atoms with Gasteiger partial charge in [0.25, 0.3) is 0 Å². The molecule has 4 aromatic carbocycles. The molecule has 0 fully saturated rings. The normalized spacial score (nSPS) is 17.2. The topological polar surface area (TPSA) is 49.9 Å². The lowest BCUT2D eigenvalue weighted by atomic mass is 9.97. The van der Waals surface area contributed by atoms with Crippen molar-refractivity contribution in [3.05, 3.63) is 108 Å². The number of fused-ring (bicyclic) bond motifs is 1. The summed E-state index contributed by atoms with van der Waals surface area (Å²) in [7, 11) is -2.13. The molecule has 4 aromatic rings. The van der Waals surface area contributed by atoms with Crippen LogP contribution in [0.15, 0.2) is 102 Å². The second kappa shape index (κ2) is 11.5. The molecule has 1 aliphatic heterocycles. The minimum absolute atomic E-state index is 0.211. The van der Waals surface area contributed by atoms with Gasteiger partial charge in [-0.15, -0.1) is 0 Å². The lowest BCUT2D eigenvalue weighted by Gasteiger charge is -2.32. The van der Waals surface area contributed by atoms with E-state index in [9.17, 15) is 8.42 Å². The van der Waals surface area contributed by atoms with Gasteiger partial charge in [-0.1, -0.05) is 86.1 Å². The van der Waals surface area contributed by atoms with Crippen LogP contribution in [0, 0.1) is 5.92 Å². The summed E-state index contributed by atoms with van der Waals surface area (Å²) in [6.07, 6.45) is 0.738. The van der Waals surface area contributed by atoms with Crippen molar-refractivity contribution in [1.82, 2.24) is 4.31 Å². The average Bonchev–Trinajstić information content (AvgIpc) is 3.02. The molecule has 1 aliphatic rings. The van der Waals surface area contributed by atoms with Crippen molar-refractivity contribution in [3.8, 4) is 16.9 Å². The summed E-state index contributed by atoms with van der Waals surface area (Å²) >= 11 is 6.23. The van der Waals surface area contributed by atoms with Gasteiger partial charge in [0.1, 0.15) is 16.2 Å². The zero-order valence-corrected chi connectivity index (χ0v) is 25.8. The Balaban J connectivity index is 1.77. The van der Waals surface area contributed by atoms with Gasteiger partial charge in [0, 0.05) is 42.0 Å². The average molecular weight is 589 g/mol. The van der Waals surface area contributed by atoms with Crippen molar-refractivity contribution < 1.29 is 13.2 Å². The van der Waals surface area contributed by atoms with Crippen molar-refractivity contribution in [2.24, 2.45) is 5.92 Å². The van der Waals surface area contributed by atoms with Gasteiger partial charge in [0.2, 0.25) is 10.0 Å². The van der Waals surface area contributed by atoms with Gasteiger partial charge >= 0.3 is 0 Å². The quantitative estimate of drug-likeness (QED) is 0.217. The first kappa shape index (κ1) is 29.2. The number of benzene rings is 4. The molecule has 0 radical (unpaired) electrons. The van der Waals surface area contributed by atoms with Gasteiger partial charge in [0.05, 0.1) is 5.69 Å². The summed E-state index contributed by atoms with van der Waals surface area (Å²) in [6.45, 7) is 8.82. The second-order valence-corrected chi connectivity index (χ2v) is 14.0. The van der Waals surface area contributed by atoms with Gasteiger partial charge < -0.3 is 9.64 Å². The molecule has 0 saturated carbocycles. The molecular weight excluding hydrogens is 552 g/mol. The summed E-state index contributed by atoms with van der Waals surface area (Å²) in [5, 5.41) is 0.606. The van der Waals surface area contributed by atoms with Gasteiger partial charge in [-0.25, -0.2) is 8.42 Å². The Labute approximate surface area is 249 Å². The number of sulfonamides is 1. The zero-order chi connectivity index (χ0) is 29.4. The van der Waals surface area contributed by atoms with E-state index < -0.39 is 15.6 Å². The van der Waals surface area contributed by atoms with Crippen LogP contribution in [-0.4, -0.2) is 32.4 Å². The van der Waals surface area contributed by atoms with Crippen LogP contribution in [0.3, 0.4) is 0 Å². The number of ether oxygens (including phenoxy) is 1. The lowest BCUT2D eigenvalue weighted by Crippen LogP contribution is -2.41. The Morgan fingerprint density at radius 2 is 1.54 bits per heavy atom. The Morgan fingerprint density at radius 3 is 2.15 bits per heavy atom. The highest BCUT2D eigenvalue weighted by molar-refractivity contribution is 7.89. The van der Waals surface area contributed by atoms with E-state index in [0.717, 1.165) is 23.2 Å². The molecule has 41 heavy (non-hydrogen) atoms. The molecule has 0 amide bonds. The molecule has 0 unspecified atom stereocenters. The summed E-state index contributed by atoms with van der Waals surface area (Å²) < 4.78 is 36.9. The van der Waals surface area contributed by atoms with Crippen LogP contribution in [0.2, 0.25) is 5.02 Å². The number of para-hydroxylation sites is 1. The third-order valence-electron chi connectivity index (χ3n) is 7.72. The molecular formula is C34H37ClN2O3S. The molecule has 0 aliphatic carbocycles. The van der Waals surface area contributed by atoms with Crippen molar-refractivity contribution in [1.29, 1.82) is 0 Å². The lowest BCUT2D eigenvalue weighted by molar-refractivity contribution is 0.109. The van der Waals surface area contributed by atoms with Crippen molar-refractivity contribution >= 4 is 33.0 Å². The van der Waals surface area contributed by atoms with Crippen LogP contribution in [0.1, 0.15) is 39.7 Å². The molecule has 0 N–H and O–H groups in total. The molecule has 0 aromatic heterocycles. The Kier molecular flexibility index (Phi) is 8.20. The van der Waals surface area contributed by atoms with Gasteiger partial charge in [-0.05, 0) is 67.6 Å². The summed E-state index contributed by atoms with van der Waals surface area (Å²) in [6, 6.07) is 30.9. The molecule has 7 heteroatoms. The SMILES string of the molecule is CC(C)C[C@@H]1CN(c2ccccc2)c2cc(OC(C)(C)c3ccccc3)c(-c3ccc(Cl)cc3)cc2S(=O)(=O)N1C. The highest BCUT2D eigenvalue weighted by Crippen LogP contribution is 2.46. The third-order valence-corrected chi connectivity index (χ3v) is 9.91. The number of nitrogens with zero attached hydrogens (tertiary/aromatic N) is 2. The van der Waals surface area contributed by atoms with E-state index in [1.54, 1.807) is 17.4 Å². The van der Waals surface area contributed by atoms with E-state index in [1.165, 1.54) is 0 Å². The third kappa shape index (κ3) is 6.01. The van der Waals surface area contributed by atoms with E-state index in [2.05, 4.69) is 18.7 Å². The van der Waals surface area contributed by atoms with Crippen LogP contribution in [-0.2, 0) is 15.6 Å². The maximum Gasteiger partial charge on any atom is 0.245 e. The van der Waals surface area contributed by atoms with Gasteiger partial charge in [-0.3, -0.25) is 0 Å². The first-order valence-electron chi connectivity index (χ1n) is 14.0. The number of hydrogen-bond acceptors (Lipinski definition) is 4. The highest BCUT2D eigenvalue weighted by atomic mass is 35.5. The highest BCUT2D eigenvalue weighted by Gasteiger charge is 2.38. The zero-order valence-electron chi connectivity index (χ0n) is 24.2. The standard InChI is InChI=1S/C34H37ClN2O3S/c1-24(2)20-29-23-37(28-14-10-7-11-15-28)31-22-32(40-34(3,4)26-12-8-6-9-13-26)30(25-16-18-27(35)19-17-25)21-33(31)41(38,39)36(29)5/h6-19,21-22,24,29H,20,23H2,1-5H3/t29-/m1/s1. The predicted molar refractivity (Wildman–Crippen MR) is 169 cm³/mol. The molecule has 5 rings (SSSR count). The Bertz CT molecular complexity index is 1610. The van der Waals surface area contributed by atoms with Crippen LogP contribution < -0.4 is 9.64 Å². The smallest absolute Gasteiger partial charge is 0.245 e. The molecule has 214 valence electrons. The Hall–Kier alpha value is -3.32. The molecule has 1 atom stereocenters. The summed E-state index contributed by atoms with van der Waals surface area (Å²) in [5.41, 5.74) is 3.38. The molecule has 5 nitrogen and oxygen atoms in total. The van der Waals surface area contributed by atoms with Crippen molar-refractivity contribution in [3.63, 3.8) is 0 Å². The fourth-order valence-corrected chi connectivity index (χ4v) is 7.16. The van der Waals surface area contributed by atoms with Gasteiger partial charge in [-0.2, -0.15) is 4.31 Å². The van der Waals surface area contributed by atoms with Crippen molar-refractivity contribution in [2.75, 3.05) is 18.5 Å². The van der Waals surface area contributed by atoms with E-state index in [-0.39, 0.29) is 10.9 Å². The molecule has 0 spiro atoms. The first-order chi connectivity index (χ1) is 19.5. The van der Waals surface area contributed by atoms with E-state index in [4.69, 9.17) is 16.3 Å². The monoisotopic (exact) mass is 588 g/mol. The Morgan fingerprint density at radius 1 is 0.927 bits per heavy atom. The van der Waals surface area contributed by atoms with E-state index in [1.807, 2.05) is 105 Å². The number of hydrogen-bond donors (Lipinski definition) is 0. The minimum atomic E-state index is -3.83. The van der Waals surface area contributed by atoms with Crippen LogP contribution in [0.5, 0.6) is 5.75 Å². The molecule has 1 heterocycles. The molecule has 0 bridgehead atoms. The van der Waals surface area contributed by atoms with Crippen LogP contribution in [0.4, 0.5) is 11.4 Å². The van der Waals surface area contributed by atoms with Gasteiger partial charge in [0.15, 0.2) is 0 Å². The van der Waals surface area contributed by atoms with Crippen LogP contribution in [0.25, 0.3) is 11.1 Å². The maximum atomic E-state index is 14.3. The van der Waals surface area contributed by atoms with E-state index in [0.29, 0.717) is 34.5 Å². The largest absolute Gasteiger partial charge is 0.482 e. The number of halogens is 1. The second-order valence-electron chi connectivity index (χ2n) is 11.6. The van der Waals surface area contributed by atoms with E-state index >= 15 is 0 Å². The number of anilines is 2. The maximum absolute atomic E-state index is 14.3. The first-order valence-corrected chi connectivity index (χ1v) is 15.8. The fraction of sp³-hybridized carbons (Fsp3) is 0.294. The number of likely N-dealkylation sites (N-methyl/N-ethyl adjacent to an activating group) is 1. The number of rotatable bonds is 7. The molecule has 0 saturated heterocycles. The van der Waals surface area contributed by atoms with Crippen molar-refractivity contribution in [2.45, 2.75) is 50.7 Å². The fourth-order valence-electron chi connectivity index (χ4n) is 5.47. The minimum Gasteiger partial charge on any atom is -0.482 e. The summed E-state index contributed by atoms with van der Waals surface area (Å²) in [5.74, 6) is 0.924. The summed E-state index contributed by atoms with van der Waals surface area (Å²) in [4.78, 5) is 2.38. The predicted octanol–water partition coefficient (Wildman–Crippen LogP) is 8.51.